The Balaban J connectivity index is 4.09. The van der Waals surface area contributed by atoms with Gasteiger partial charge in [0.2, 0.25) is 5.91 Å². The van der Waals surface area contributed by atoms with E-state index in [4.69, 9.17) is 5.73 Å². The number of rotatable bonds is 6. The van der Waals surface area contributed by atoms with Crippen LogP contribution in [0.1, 0.15) is 13.3 Å². The first-order valence-electron chi connectivity index (χ1n) is 4.49. The molecule has 0 bridgehead atoms. The van der Waals surface area contributed by atoms with E-state index in [1.165, 1.54) is 0 Å². The molecule has 4 nitrogen and oxygen atoms in total. The summed E-state index contributed by atoms with van der Waals surface area (Å²) in [5.41, 5.74) is 5.30. The molecule has 0 fully saturated rings. The lowest BCUT2D eigenvalue weighted by molar-refractivity contribution is -0.144. The lowest BCUT2D eigenvalue weighted by atomic mass is 10.4. The molecule has 4 heteroatoms. The van der Waals surface area contributed by atoms with Gasteiger partial charge in [0.25, 0.3) is 0 Å². The van der Waals surface area contributed by atoms with Gasteiger partial charge in [-0.2, -0.15) is 0 Å². The van der Waals surface area contributed by atoms with Crippen molar-refractivity contribution in [1.29, 1.82) is 0 Å². The monoisotopic (exact) mass is 185 g/mol. The zero-order chi connectivity index (χ0) is 10.3. The lowest BCUT2D eigenvalue weighted by Crippen LogP contribution is -2.44. The second-order valence-electron chi connectivity index (χ2n) is 2.75. The third kappa shape index (κ3) is 4.05. The summed E-state index contributed by atoms with van der Waals surface area (Å²) in [7, 11) is 1.75. The third-order valence-corrected chi connectivity index (χ3v) is 1.85. The highest BCUT2D eigenvalue weighted by Crippen LogP contribution is 1.97. The van der Waals surface area contributed by atoms with Crippen molar-refractivity contribution >= 4 is 5.91 Å². The van der Waals surface area contributed by atoms with Crippen molar-refractivity contribution in [3.8, 4) is 0 Å². The maximum absolute atomic E-state index is 11.4. The van der Waals surface area contributed by atoms with Crippen LogP contribution in [0.3, 0.4) is 0 Å². The highest BCUT2D eigenvalue weighted by atomic mass is 16.2. The normalized spacial score (nSPS) is 10.2. The molecule has 0 rings (SSSR count). The van der Waals surface area contributed by atoms with Gasteiger partial charge in [0, 0.05) is 33.1 Å². The molecule has 0 aromatic rings. The van der Waals surface area contributed by atoms with Gasteiger partial charge in [-0.1, -0.05) is 13.0 Å². The molecule has 0 aliphatic carbocycles. The Hall–Kier alpha value is -0.870. The Kier molecular flexibility index (Phi) is 6.18. The van der Waals surface area contributed by atoms with Gasteiger partial charge in [-0.25, -0.2) is 5.01 Å². The number of hydrazine groups is 1. The Morgan fingerprint density at radius 2 is 2.23 bits per heavy atom. The molecule has 0 aliphatic heterocycles. The van der Waals surface area contributed by atoms with E-state index in [-0.39, 0.29) is 5.91 Å². The van der Waals surface area contributed by atoms with Crippen molar-refractivity contribution in [3.63, 3.8) is 0 Å². The van der Waals surface area contributed by atoms with Crippen molar-refractivity contribution in [2.75, 3.05) is 26.7 Å². The summed E-state index contributed by atoms with van der Waals surface area (Å²) in [5, 5.41) is 3.51. The van der Waals surface area contributed by atoms with Crippen LogP contribution in [0.4, 0.5) is 0 Å². The van der Waals surface area contributed by atoms with Crippen LogP contribution in [0.25, 0.3) is 0 Å². The van der Waals surface area contributed by atoms with Crippen LogP contribution in [0.15, 0.2) is 12.7 Å². The summed E-state index contributed by atoms with van der Waals surface area (Å²) in [6, 6.07) is 0. The summed E-state index contributed by atoms with van der Waals surface area (Å²) in [6.45, 7) is 7.50. The predicted molar refractivity (Wildman–Crippen MR) is 53.9 cm³/mol. The molecular formula is C9H19N3O. The topological polar surface area (TPSA) is 49.6 Å². The van der Waals surface area contributed by atoms with Gasteiger partial charge >= 0.3 is 0 Å². The number of amides is 1. The van der Waals surface area contributed by atoms with Crippen LogP contribution in [0.5, 0.6) is 0 Å². The second kappa shape index (κ2) is 6.62. The Labute approximate surface area is 80.0 Å². The molecule has 0 atom stereocenters. The Morgan fingerprint density at radius 3 is 2.62 bits per heavy atom. The molecule has 0 unspecified atom stereocenters. The van der Waals surface area contributed by atoms with E-state index >= 15 is 0 Å². The Bertz CT molecular complexity index is 170. The number of nitrogens with two attached hydrogens (primary N) is 1. The fourth-order valence-electron chi connectivity index (χ4n) is 1.06. The number of carbonyl (C=O) groups excluding carboxylic acids is 1. The first kappa shape index (κ1) is 12.1. The maximum Gasteiger partial charge on any atom is 0.237 e. The standard InChI is InChI=1S/C9H19N3O/c1-4-8-12(5-2)11(3)9(13)6-7-10/h4H,1,5-8,10H2,2-3H3. The van der Waals surface area contributed by atoms with Crippen molar-refractivity contribution in [2.45, 2.75) is 13.3 Å². The van der Waals surface area contributed by atoms with Crippen molar-refractivity contribution < 1.29 is 4.79 Å². The van der Waals surface area contributed by atoms with Crippen LogP contribution in [-0.4, -0.2) is 42.6 Å². The summed E-state index contributed by atoms with van der Waals surface area (Å²) in [4.78, 5) is 11.4. The molecule has 1 amide bonds. The molecule has 0 radical (unpaired) electrons. The fraction of sp³-hybridized carbons (Fsp3) is 0.667. The average molecular weight is 185 g/mol. The van der Waals surface area contributed by atoms with Crippen LogP contribution in [-0.2, 0) is 4.79 Å². The van der Waals surface area contributed by atoms with E-state index in [0.717, 1.165) is 6.54 Å². The number of likely N-dealkylation sites (N-methyl/N-ethyl adjacent to an activating group) is 1. The van der Waals surface area contributed by atoms with E-state index in [1.54, 1.807) is 18.1 Å². The van der Waals surface area contributed by atoms with E-state index in [9.17, 15) is 4.79 Å². The van der Waals surface area contributed by atoms with Gasteiger partial charge in [-0.15, -0.1) is 6.58 Å². The minimum Gasteiger partial charge on any atom is -0.330 e. The smallest absolute Gasteiger partial charge is 0.237 e. The number of nitrogens with zero attached hydrogens (tertiary/aromatic N) is 2. The van der Waals surface area contributed by atoms with E-state index < -0.39 is 0 Å². The van der Waals surface area contributed by atoms with E-state index in [2.05, 4.69) is 6.58 Å². The van der Waals surface area contributed by atoms with Gasteiger partial charge in [-0.3, -0.25) is 9.80 Å². The fourth-order valence-corrected chi connectivity index (χ4v) is 1.06. The van der Waals surface area contributed by atoms with Crippen molar-refractivity contribution in [2.24, 2.45) is 5.73 Å². The van der Waals surface area contributed by atoms with Crippen LogP contribution in [0, 0.1) is 0 Å². The molecule has 2 N–H and O–H groups in total. The number of carbonyl (C=O) groups is 1. The van der Waals surface area contributed by atoms with Crippen LogP contribution in [0.2, 0.25) is 0 Å². The van der Waals surface area contributed by atoms with Crippen LogP contribution >= 0.6 is 0 Å². The van der Waals surface area contributed by atoms with Gasteiger partial charge in [0.05, 0.1) is 0 Å². The lowest BCUT2D eigenvalue weighted by Gasteiger charge is -2.29. The highest BCUT2D eigenvalue weighted by Gasteiger charge is 2.12. The zero-order valence-corrected chi connectivity index (χ0v) is 8.49. The summed E-state index contributed by atoms with van der Waals surface area (Å²) in [5.74, 6) is 0.0474. The molecule has 0 heterocycles. The molecule has 0 saturated heterocycles. The number of hydrogen-bond donors (Lipinski definition) is 1. The van der Waals surface area contributed by atoms with E-state index in [0.29, 0.717) is 19.5 Å². The Morgan fingerprint density at radius 1 is 1.62 bits per heavy atom. The van der Waals surface area contributed by atoms with E-state index in [1.807, 2.05) is 11.9 Å². The summed E-state index contributed by atoms with van der Waals surface area (Å²) >= 11 is 0. The number of hydrogen-bond acceptors (Lipinski definition) is 3. The predicted octanol–water partition coefficient (Wildman–Crippen LogP) is 0.217. The molecular weight excluding hydrogens is 166 g/mol. The summed E-state index contributed by atoms with van der Waals surface area (Å²) in [6.07, 6.45) is 2.17. The molecule has 76 valence electrons. The zero-order valence-electron chi connectivity index (χ0n) is 8.49. The largest absolute Gasteiger partial charge is 0.330 e. The molecule has 0 saturated carbocycles. The first-order valence-corrected chi connectivity index (χ1v) is 4.49. The highest BCUT2D eigenvalue weighted by molar-refractivity contribution is 5.75. The minimum absolute atomic E-state index is 0.0474. The van der Waals surface area contributed by atoms with Gasteiger partial charge in [0.15, 0.2) is 0 Å². The molecule has 0 spiro atoms. The molecule has 0 aromatic heterocycles. The van der Waals surface area contributed by atoms with Crippen LogP contribution < -0.4 is 5.73 Å². The van der Waals surface area contributed by atoms with Crippen molar-refractivity contribution in [1.82, 2.24) is 10.0 Å². The van der Waals surface area contributed by atoms with Gasteiger partial charge in [-0.05, 0) is 0 Å². The maximum atomic E-state index is 11.4. The first-order chi connectivity index (χ1) is 6.17. The molecule has 0 aromatic carbocycles. The van der Waals surface area contributed by atoms with Gasteiger partial charge in [0.1, 0.15) is 0 Å². The SMILES string of the molecule is C=CCN(CC)N(C)C(=O)CCN. The third-order valence-electron chi connectivity index (χ3n) is 1.85. The average Bonchev–Trinajstić information content (AvgIpc) is 2.13. The van der Waals surface area contributed by atoms with Crippen molar-refractivity contribution in [3.05, 3.63) is 12.7 Å². The molecule has 13 heavy (non-hydrogen) atoms. The van der Waals surface area contributed by atoms with Gasteiger partial charge < -0.3 is 5.73 Å². The quantitative estimate of drug-likeness (QED) is 0.475. The molecule has 0 aliphatic rings. The summed E-state index contributed by atoms with van der Waals surface area (Å²) < 4.78 is 0. The second-order valence-corrected chi connectivity index (χ2v) is 2.75. The minimum atomic E-state index is 0.0474.